The average Bonchev–Trinajstić information content (AvgIpc) is 2.16. The monoisotopic (exact) mass is 263 g/mol. The third-order valence-electron chi connectivity index (χ3n) is 2.31. The SMILES string of the molecule is CNCC(C)(O)c1cc(Cl)cc(Cl)c1OC. The summed E-state index contributed by atoms with van der Waals surface area (Å²) < 4.78 is 5.19. The van der Waals surface area contributed by atoms with Crippen LogP contribution in [0.5, 0.6) is 5.75 Å². The van der Waals surface area contributed by atoms with Crippen LogP contribution in [-0.4, -0.2) is 25.8 Å². The first-order valence-corrected chi connectivity index (χ1v) is 5.58. The molecule has 1 unspecified atom stereocenters. The van der Waals surface area contributed by atoms with Crippen LogP contribution >= 0.6 is 23.2 Å². The zero-order valence-corrected chi connectivity index (χ0v) is 11.0. The van der Waals surface area contributed by atoms with Crippen LogP contribution in [0.25, 0.3) is 0 Å². The molecule has 0 spiro atoms. The molecule has 0 aliphatic carbocycles. The van der Waals surface area contributed by atoms with Crippen molar-refractivity contribution in [2.45, 2.75) is 12.5 Å². The van der Waals surface area contributed by atoms with Crippen molar-refractivity contribution < 1.29 is 9.84 Å². The van der Waals surface area contributed by atoms with Crippen LogP contribution in [0, 0.1) is 0 Å². The standard InChI is InChI=1S/C11H15Cl2NO2/c1-11(15,6-14-2)8-4-7(12)5-9(13)10(8)16-3/h4-5,14-15H,6H2,1-3H3. The molecule has 0 aliphatic rings. The van der Waals surface area contributed by atoms with E-state index in [2.05, 4.69) is 5.32 Å². The summed E-state index contributed by atoms with van der Waals surface area (Å²) in [5.41, 5.74) is -0.517. The Labute approximate surface area is 105 Å². The fourth-order valence-corrected chi connectivity index (χ4v) is 2.18. The number of hydrogen-bond acceptors (Lipinski definition) is 3. The van der Waals surface area contributed by atoms with E-state index in [-0.39, 0.29) is 0 Å². The number of aliphatic hydroxyl groups is 1. The molecule has 0 saturated heterocycles. The van der Waals surface area contributed by atoms with Crippen molar-refractivity contribution in [2.75, 3.05) is 20.7 Å². The molecule has 0 aliphatic heterocycles. The lowest BCUT2D eigenvalue weighted by molar-refractivity contribution is 0.0565. The fourth-order valence-electron chi connectivity index (χ4n) is 1.61. The van der Waals surface area contributed by atoms with E-state index in [4.69, 9.17) is 27.9 Å². The Morgan fingerprint density at radius 1 is 1.44 bits per heavy atom. The first-order valence-electron chi connectivity index (χ1n) is 4.83. The molecule has 0 aromatic heterocycles. The highest BCUT2D eigenvalue weighted by Gasteiger charge is 2.27. The van der Waals surface area contributed by atoms with Crippen molar-refractivity contribution in [3.8, 4) is 5.75 Å². The second kappa shape index (κ2) is 5.23. The van der Waals surface area contributed by atoms with Gasteiger partial charge in [0.05, 0.1) is 12.1 Å². The van der Waals surface area contributed by atoms with E-state index in [1.54, 1.807) is 26.1 Å². The third kappa shape index (κ3) is 2.80. The van der Waals surface area contributed by atoms with Gasteiger partial charge in [0.2, 0.25) is 0 Å². The van der Waals surface area contributed by atoms with Crippen molar-refractivity contribution >= 4 is 23.2 Å². The van der Waals surface area contributed by atoms with Crippen LogP contribution in [0.4, 0.5) is 0 Å². The van der Waals surface area contributed by atoms with Crippen LogP contribution in [-0.2, 0) is 5.60 Å². The van der Waals surface area contributed by atoms with Gasteiger partial charge in [-0.05, 0) is 26.1 Å². The van der Waals surface area contributed by atoms with Crippen molar-refractivity contribution in [1.29, 1.82) is 0 Å². The summed E-state index contributed by atoms with van der Waals surface area (Å²) in [5, 5.41) is 14.1. The van der Waals surface area contributed by atoms with Crippen molar-refractivity contribution in [1.82, 2.24) is 5.32 Å². The first-order chi connectivity index (χ1) is 7.42. The molecule has 5 heteroatoms. The van der Waals surface area contributed by atoms with Crippen LogP contribution in [0.3, 0.4) is 0 Å². The maximum absolute atomic E-state index is 10.3. The number of benzene rings is 1. The number of hydrogen-bond donors (Lipinski definition) is 2. The van der Waals surface area contributed by atoms with E-state index in [0.29, 0.717) is 27.9 Å². The molecule has 16 heavy (non-hydrogen) atoms. The van der Waals surface area contributed by atoms with Crippen LogP contribution in [0.1, 0.15) is 12.5 Å². The van der Waals surface area contributed by atoms with Gasteiger partial charge in [0.1, 0.15) is 11.4 Å². The quantitative estimate of drug-likeness (QED) is 0.877. The molecule has 3 nitrogen and oxygen atoms in total. The molecule has 0 heterocycles. The highest BCUT2D eigenvalue weighted by molar-refractivity contribution is 6.35. The molecule has 0 bridgehead atoms. The van der Waals surface area contributed by atoms with Gasteiger partial charge in [-0.1, -0.05) is 23.2 Å². The number of ether oxygens (including phenoxy) is 1. The predicted octanol–water partition coefficient (Wildman–Crippen LogP) is 2.43. The Morgan fingerprint density at radius 3 is 2.56 bits per heavy atom. The van der Waals surface area contributed by atoms with E-state index < -0.39 is 5.60 Å². The Morgan fingerprint density at radius 2 is 2.06 bits per heavy atom. The first kappa shape index (κ1) is 13.6. The molecular weight excluding hydrogens is 249 g/mol. The number of halogens is 2. The number of likely N-dealkylation sites (N-methyl/N-ethyl adjacent to an activating group) is 1. The molecule has 0 fully saturated rings. The Balaban J connectivity index is 3.30. The Hall–Kier alpha value is -0.480. The molecule has 0 saturated carbocycles. The van der Waals surface area contributed by atoms with Crippen molar-refractivity contribution in [3.05, 3.63) is 27.7 Å². The van der Waals surface area contributed by atoms with Gasteiger partial charge in [-0.25, -0.2) is 0 Å². The summed E-state index contributed by atoms with van der Waals surface area (Å²) in [4.78, 5) is 0. The minimum atomic E-state index is -1.09. The fraction of sp³-hybridized carbons (Fsp3) is 0.455. The zero-order valence-electron chi connectivity index (χ0n) is 9.47. The minimum absolute atomic E-state index is 0.375. The van der Waals surface area contributed by atoms with Crippen molar-refractivity contribution in [2.24, 2.45) is 0 Å². The molecule has 1 atom stereocenters. The average molecular weight is 264 g/mol. The number of methoxy groups -OCH3 is 1. The topological polar surface area (TPSA) is 41.5 Å². The van der Waals surface area contributed by atoms with Gasteiger partial charge in [-0.15, -0.1) is 0 Å². The lowest BCUT2D eigenvalue weighted by atomic mass is 9.95. The van der Waals surface area contributed by atoms with E-state index in [1.807, 2.05) is 0 Å². The highest BCUT2D eigenvalue weighted by Crippen LogP contribution is 2.37. The van der Waals surface area contributed by atoms with Crippen molar-refractivity contribution in [3.63, 3.8) is 0 Å². The van der Waals surface area contributed by atoms with E-state index >= 15 is 0 Å². The molecule has 1 rings (SSSR count). The molecule has 1 aromatic rings. The van der Waals surface area contributed by atoms with E-state index in [9.17, 15) is 5.11 Å². The molecule has 90 valence electrons. The summed E-state index contributed by atoms with van der Waals surface area (Å²) in [5.74, 6) is 0.450. The van der Waals surface area contributed by atoms with Gasteiger partial charge in [0, 0.05) is 17.1 Å². The molecular formula is C11H15Cl2NO2. The minimum Gasteiger partial charge on any atom is -0.495 e. The van der Waals surface area contributed by atoms with Gasteiger partial charge >= 0.3 is 0 Å². The second-order valence-corrected chi connectivity index (χ2v) is 4.62. The third-order valence-corrected chi connectivity index (χ3v) is 2.81. The number of rotatable bonds is 4. The van der Waals surface area contributed by atoms with Crippen LogP contribution < -0.4 is 10.1 Å². The lowest BCUT2D eigenvalue weighted by Crippen LogP contribution is -2.33. The maximum atomic E-state index is 10.3. The van der Waals surface area contributed by atoms with Crippen LogP contribution in [0.2, 0.25) is 10.0 Å². The lowest BCUT2D eigenvalue weighted by Gasteiger charge is -2.26. The summed E-state index contributed by atoms with van der Waals surface area (Å²) in [6.45, 7) is 2.05. The normalized spacial score (nSPS) is 14.6. The smallest absolute Gasteiger partial charge is 0.143 e. The van der Waals surface area contributed by atoms with Gasteiger partial charge in [-0.3, -0.25) is 0 Å². The molecule has 0 radical (unpaired) electrons. The largest absolute Gasteiger partial charge is 0.495 e. The van der Waals surface area contributed by atoms with E-state index in [0.717, 1.165) is 0 Å². The number of nitrogens with one attached hydrogen (secondary N) is 1. The molecule has 0 amide bonds. The van der Waals surface area contributed by atoms with Crippen LogP contribution in [0.15, 0.2) is 12.1 Å². The van der Waals surface area contributed by atoms with Gasteiger partial charge < -0.3 is 15.2 Å². The summed E-state index contributed by atoms with van der Waals surface area (Å²) in [6.07, 6.45) is 0. The maximum Gasteiger partial charge on any atom is 0.143 e. The van der Waals surface area contributed by atoms with Gasteiger partial charge in [-0.2, -0.15) is 0 Å². The van der Waals surface area contributed by atoms with Gasteiger partial charge in [0.15, 0.2) is 0 Å². The molecule has 2 N–H and O–H groups in total. The molecule has 1 aromatic carbocycles. The predicted molar refractivity (Wildman–Crippen MR) is 66.5 cm³/mol. The Kier molecular flexibility index (Phi) is 4.44. The zero-order chi connectivity index (χ0) is 12.3. The van der Waals surface area contributed by atoms with E-state index in [1.165, 1.54) is 7.11 Å². The second-order valence-electron chi connectivity index (χ2n) is 3.77. The van der Waals surface area contributed by atoms with Gasteiger partial charge in [0.25, 0.3) is 0 Å². The summed E-state index contributed by atoms with van der Waals surface area (Å²) in [7, 11) is 3.27. The summed E-state index contributed by atoms with van der Waals surface area (Å²) >= 11 is 11.9. The summed E-state index contributed by atoms with van der Waals surface area (Å²) in [6, 6.07) is 3.24. The highest BCUT2D eigenvalue weighted by atomic mass is 35.5. The Bertz CT molecular complexity index is 380.